The fourth-order valence-corrected chi connectivity index (χ4v) is 2.65. The number of benzene rings is 3. The second kappa shape index (κ2) is 7.61. The molecular weight excluding hydrogens is 331 g/mol. The number of hydrogen-bond donors (Lipinski definition) is 2. The molecule has 0 saturated heterocycles. The molecule has 2 amide bonds. The second-order valence-corrected chi connectivity index (χ2v) is 5.78. The lowest BCUT2D eigenvalue weighted by Crippen LogP contribution is -2.42. The van der Waals surface area contributed by atoms with E-state index in [2.05, 4.69) is 10.9 Å². The predicted octanol–water partition coefficient (Wildman–Crippen LogP) is 3.88. The number of carbonyl (C=O) groups is 2. The fourth-order valence-electron chi connectivity index (χ4n) is 2.65. The van der Waals surface area contributed by atoms with Crippen molar-refractivity contribution in [3.8, 4) is 11.1 Å². The molecule has 3 rings (SSSR count). The summed E-state index contributed by atoms with van der Waals surface area (Å²) >= 11 is 0. The highest BCUT2D eigenvalue weighted by Gasteiger charge is 2.15. The van der Waals surface area contributed by atoms with Gasteiger partial charge in [-0.1, -0.05) is 54.6 Å². The lowest BCUT2D eigenvalue weighted by molar-refractivity contribution is 0.0846. The first-order chi connectivity index (χ1) is 12.6. The Balaban J connectivity index is 1.81. The zero-order valence-electron chi connectivity index (χ0n) is 14.1. The molecule has 0 aliphatic rings. The van der Waals surface area contributed by atoms with E-state index in [1.807, 2.05) is 36.4 Å². The van der Waals surface area contributed by atoms with E-state index < -0.39 is 17.6 Å². The van der Waals surface area contributed by atoms with E-state index >= 15 is 0 Å². The molecule has 0 heterocycles. The summed E-state index contributed by atoms with van der Waals surface area (Å²) in [7, 11) is 0. The van der Waals surface area contributed by atoms with Crippen LogP contribution in [-0.4, -0.2) is 11.8 Å². The average Bonchev–Trinajstić information content (AvgIpc) is 2.67. The van der Waals surface area contributed by atoms with Gasteiger partial charge in [0.1, 0.15) is 5.82 Å². The summed E-state index contributed by atoms with van der Waals surface area (Å²) in [5, 5.41) is 0. The number of hydrogen-bond acceptors (Lipinski definition) is 2. The van der Waals surface area contributed by atoms with Crippen LogP contribution in [0.5, 0.6) is 0 Å². The van der Waals surface area contributed by atoms with E-state index in [0.29, 0.717) is 11.1 Å². The van der Waals surface area contributed by atoms with Crippen LogP contribution in [0, 0.1) is 12.7 Å². The summed E-state index contributed by atoms with van der Waals surface area (Å²) in [4.78, 5) is 24.7. The number of carbonyl (C=O) groups excluding carboxylic acids is 2. The first-order valence-electron chi connectivity index (χ1n) is 8.07. The smallest absolute Gasteiger partial charge is 0.267 e. The van der Waals surface area contributed by atoms with Gasteiger partial charge in [-0.3, -0.25) is 20.4 Å². The van der Waals surface area contributed by atoms with Crippen molar-refractivity contribution in [3.63, 3.8) is 0 Å². The lowest BCUT2D eigenvalue weighted by atomic mass is 9.99. The van der Waals surface area contributed by atoms with Gasteiger partial charge in [0.25, 0.3) is 11.8 Å². The third kappa shape index (κ3) is 3.78. The molecule has 0 bridgehead atoms. The van der Waals surface area contributed by atoms with E-state index in [4.69, 9.17) is 0 Å². The molecule has 130 valence electrons. The van der Waals surface area contributed by atoms with Crippen molar-refractivity contribution in [2.24, 2.45) is 0 Å². The molecule has 3 aromatic carbocycles. The van der Waals surface area contributed by atoms with Crippen LogP contribution in [-0.2, 0) is 0 Å². The molecule has 0 radical (unpaired) electrons. The van der Waals surface area contributed by atoms with Crippen LogP contribution in [0.15, 0.2) is 72.8 Å². The monoisotopic (exact) mass is 348 g/mol. The lowest BCUT2D eigenvalue weighted by Gasteiger charge is -2.12. The van der Waals surface area contributed by atoms with Gasteiger partial charge in [0, 0.05) is 5.56 Å². The van der Waals surface area contributed by atoms with Crippen LogP contribution >= 0.6 is 0 Å². The zero-order valence-corrected chi connectivity index (χ0v) is 14.1. The Hall–Kier alpha value is -3.47. The first-order valence-corrected chi connectivity index (χ1v) is 8.07. The molecule has 3 aromatic rings. The van der Waals surface area contributed by atoms with Gasteiger partial charge in [0.05, 0.1) is 5.56 Å². The Kier molecular flexibility index (Phi) is 5.08. The number of amides is 2. The van der Waals surface area contributed by atoms with Gasteiger partial charge in [0.15, 0.2) is 0 Å². The van der Waals surface area contributed by atoms with Crippen LogP contribution in [0.25, 0.3) is 11.1 Å². The zero-order chi connectivity index (χ0) is 18.5. The van der Waals surface area contributed by atoms with Crippen molar-refractivity contribution in [2.75, 3.05) is 0 Å². The Morgan fingerprint density at radius 3 is 2.08 bits per heavy atom. The fraction of sp³-hybridized carbons (Fsp3) is 0.0476. The average molecular weight is 348 g/mol. The standard InChI is InChI=1S/C21H17FN2O2/c1-14-7-5-6-10-17(14)20(25)23-24-21(26)19-13-16(22)11-12-18(19)15-8-3-2-4-9-15/h2-13H,1H3,(H,23,25)(H,24,26). The second-order valence-electron chi connectivity index (χ2n) is 5.78. The van der Waals surface area contributed by atoms with Gasteiger partial charge in [0.2, 0.25) is 0 Å². The quantitative estimate of drug-likeness (QED) is 0.706. The Labute approximate surface area is 150 Å². The minimum Gasteiger partial charge on any atom is -0.267 e. The third-order valence-corrected chi connectivity index (χ3v) is 3.99. The normalized spacial score (nSPS) is 10.2. The van der Waals surface area contributed by atoms with Gasteiger partial charge in [-0.25, -0.2) is 4.39 Å². The number of rotatable bonds is 3. The molecule has 4 nitrogen and oxygen atoms in total. The third-order valence-electron chi connectivity index (χ3n) is 3.99. The number of aryl methyl sites for hydroxylation is 1. The van der Waals surface area contributed by atoms with E-state index in [-0.39, 0.29) is 5.56 Å². The van der Waals surface area contributed by atoms with Crippen LogP contribution < -0.4 is 10.9 Å². The van der Waals surface area contributed by atoms with E-state index in [1.165, 1.54) is 6.07 Å². The minimum atomic E-state index is -0.592. The van der Waals surface area contributed by atoms with Crippen molar-refractivity contribution in [2.45, 2.75) is 6.92 Å². The van der Waals surface area contributed by atoms with E-state index in [1.54, 1.807) is 31.2 Å². The molecule has 0 saturated carbocycles. The Morgan fingerprint density at radius 2 is 1.38 bits per heavy atom. The maximum Gasteiger partial charge on any atom is 0.270 e. The largest absolute Gasteiger partial charge is 0.270 e. The molecular formula is C21H17FN2O2. The summed E-state index contributed by atoms with van der Waals surface area (Å²) < 4.78 is 13.7. The van der Waals surface area contributed by atoms with Crippen molar-refractivity contribution < 1.29 is 14.0 Å². The predicted molar refractivity (Wildman–Crippen MR) is 97.9 cm³/mol. The summed E-state index contributed by atoms with van der Waals surface area (Å²) in [6.07, 6.45) is 0. The van der Waals surface area contributed by atoms with Crippen LogP contribution in [0.4, 0.5) is 4.39 Å². The first kappa shape index (κ1) is 17.4. The molecule has 0 spiro atoms. The highest BCUT2D eigenvalue weighted by molar-refractivity contribution is 6.03. The molecule has 0 atom stereocenters. The van der Waals surface area contributed by atoms with Crippen molar-refractivity contribution in [3.05, 3.63) is 95.3 Å². The van der Waals surface area contributed by atoms with Gasteiger partial charge >= 0.3 is 0 Å². The van der Waals surface area contributed by atoms with Gasteiger partial charge in [-0.05, 0) is 41.8 Å². The maximum absolute atomic E-state index is 13.7. The molecule has 5 heteroatoms. The summed E-state index contributed by atoms with van der Waals surface area (Å²) in [6, 6.07) is 20.2. The topological polar surface area (TPSA) is 58.2 Å². The van der Waals surface area contributed by atoms with Crippen molar-refractivity contribution in [1.29, 1.82) is 0 Å². The summed E-state index contributed by atoms with van der Waals surface area (Å²) in [5.41, 5.74) is 7.47. The van der Waals surface area contributed by atoms with E-state index in [0.717, 1.165) is 17.2 Å². The number of hydrazine groups is 1. The summed E-state index contributed by atoms with van der Waals surface area (Å²) in [5.74, 6) is -1.56. The molecule has 0 aliphatic carbocycles. The molecule has 26 heavy (non-hydrogen) atoms. The molecule has 0 fully saturated rings. The highest BCUT2D eigenvalue weighted by atomic mass is 19.1. The molecule has 0 aliphatic heterocycles. The van der Waals surface area contributed by atoms with Crippen LogP contribution in [0.2, 0.25) is 0 Å². The Morgan fingerprint density at radius 1 is 0.769 bits per heavy atom. The van der Waals surface area contributed by atoms with Crippen LogP contribution in [0.1, 0.15) is 26.3 Å². The maximum atomic E-state index is 13.7. The van der Waals surface area contributed by atoms with E-state index in [9.17, 15) is 14.0 Å². The SMILES string of the molecule is Cc1ccccc1C(=O)NNC(=O)c1cc(F)ccc1-c1ccccc1. The molecule has 0 aromatic heterocycles. The highest BCUT2D eigenvalue weighted by Crippen LogP contribution is 2.24. The summed E-state index contributed by atoms with van der Waals surface area (Å²) in [6.45, 7) is 1.80. The number of nitrogens with one attached hydrogen (secondary N) is 2. The number of halogens is 1. The van der Waals surface area contributed by atoms with Crippen molar-refractivity contribution in [1.82, 2.24) is 10.9 Å². The van der Waals surface area contributed by atoms with Gasteiger partial charge < -0.3 is 0 Å². The van der Waals surface area contributed by atoms with Gasteiger partial charge in [-0.2, -0.15) is 0 Å². The minimum absolute atomic E-state index is 0.140. The van der Waals surface area contributed by atoms with Gasteiger partial charge in [-0.15, -0.1) is 0 Å². The molecule has 2 N–H and O–H groups in total. The van der Waals surface area contributed by atoms with Crippen LogP contribution in [0.3, 0.4) is 0 Å². The van der Waals surface area contributed by atoms with Crippen molar-refractivity contribution >= 4 is 11.8 Å². The Bertz CT molecular complexity index is 955. The molecule has 0 unspecified atom stereocenters.